The maximum absolute atomic E-state index is 12.0. The van der Waals surface area contributed by atoms with Crippen molar-refractivity contribution in [2.75, 3.05) is 23.9 Å². The van der Waals surface area contributed by atoms with Gasteiger partial charge in [-0.2, -0.15) is 0 Å². The second-order valence-electron chi connectivity index (χ2n) is 9.28. The van der Waals surface area contributed by atoms with E-state index in [1.807, 2.05) is 54.6 Å². The first-order chi connectivity index (χ1) is 18.8. The number of aromatic nitrogens is 2. The number of carbonyl (C=O) groups is 1. The van der Waals surface area contributed by atoms with Crippen molar-refractivity contribution in [2.24, 2.45) is 0 Å². The fraction of sp³-hybridized carbons (Fsp3) is 0.207. The molecule has 0 aliphatic carbocycles. The topological polar surface area (TPSA) is 71.4 Å². The van der Waals surface area contributed by atoms with Crippen molar-refractivity contribution >= 4 is 57.8 Å². The van der Waals surface area contributed by atoms with E-state index in [4.69, 9.17) is 40.2 Å². The Bertz CT molecular complexity index is 1520. The van der Waals surface area contributed by atoms with Crippen LogP contribution in [0.5, 0.6) is 0 Å². The summed E-state index contributed by atoms with van der Waals surface area (Å²) in [6.07, 6.45) is 1.79. The lowest BCUT2D eigenvalue weighted by Crippen LogP contribution is -2.29. The van der Waals surface area contributed by atoms with E-state index in [2.05, 4.69) is 45.0 Å². The van der Waals surface area contributed by atoms with Gasteiger partial charge in [0.15, 0.2) is 5.11 Å². The summed E-state index contributed by atoms with van der Waals surface area (Å²) < 4.78 is 7.05. The van der Waals surface area contributed by atoms with Crippen LogP contribution < -0.4 is 15.5 Å². The van der Waals surface area contributed by atoms with Gasteiger partial charge in [-0.15, -0.1) is 0 Å². The van der Waals surface area contributed by atoms with Gasteiger partial charge in [0.25, 0.3) is 0 Å². The first-order valence-corrected chi connectivity index (χ1v) is 13.5. The second-order valence-corrected chi connectivity index (χ2v) is 10.5. The third kappa shape index (κ3) is 5.38. The number of methoxy groups -OCH3 is 1. The zero-order chi connectivity index (χ0) is 27.7. The summed E-state index contributed by atoms with van der Waals surface area (Å²) in [6, 6.07) is 20.7. The van der Waals surface area contributed by atoms with Gasteiger partial charge in [-0.1, -0.05) is 29.3 Å². The fourth-order valence-electron chi connectivity index (χ4n) is 5.10. The molecule has 2 N–H and O–H groups in total. The molecular formula is C29H27Cl2N5O2S. The maximum atomic E-state index is 12.0. The highest BCUT2D eigenvalue weighted by Gasteiger charge is 2.42. The highest BCUT2D eigenvalue weighted by Crippen LogP contribution is 2.44. The van der Waals surface area contributed by atoms with Crippen molar-refractivity contribution in [3.63, 3.8) is 0 Å². The number of carbonyl (C=O) groups excluding carboxylic acids is 1. The van der Waals surface area contributed by atoms with Gasteiger partial charge in [0.1, 0.15) is 6.61 Å². The van der Waals surface area contributed by atoms with Crippen LogP contribution in [0.2, 0.25) is 10.0 Å². The average Bonchev–Trinajstić information content (AvgIpc) is 3.40. The van der Waals surface area contributed by atoms with Gasteiger partial charge in [0, 0.05) is 41.1 Å². The number of amides is 1. The van der Waals surface area contributed by atoms with Crippen molar-refractivity contribution in [2.45, 2.75) is 25.9 Å². The Balaban J connectivity index is 1.59. The summed E-state index contributed by atoms with van der Waals surface area (Å²) in [5.74, 6) is -0.218. The molecule has 0 bridgehead atoms. The van der Waals surface area contributed by atoms with Crippen LogP contribution in [0.15, 0.2) is 72.9 Å². The second kappa shape index (κ2) is 11.4. The zero-order valence-electron chi connectivity index (χ0n) is 21.6. The Morgan fingerprint density at radius 1 is 1.10 bits per heavy atom. The molecule has 1 amide bonds. The number of nitrogens with one attached hydrogen (secondary N) is 2. The third-order valence-electron chi connectivity index (χ3n) is 6.74. The van der Waals surface area contributed by atoms with E-state index in [1.165, 1.54) is 7.11 Å². The predicted molar refractivity (Wildman–Crippen MR) is 160 cm³/mol. The van der Waals surface area contributed by atoms with Crippen molar-refractivity contribution in [3.05, 3.63) is 106 Å². The van der Waals surface area contributed by atoms with E-state index < -0.39 is 0 Å². The van der Waals surface area contributed by atoms with Crippen molar-refractivity contribution in [3.8, 4) is 5.69 Å². The molecule has 0 unspecified atom stereocenters. The van der Waals surface area contributed by atoms with Crippen molar-refractivity contribution in [1.29, 1.82) is 0 Å². The van der Waals surface area contributed by atoms with Crippen LogP contribution in [0, 0.1) is 13.8 Å². The summed E-state index contributed by atoms with van der Waals surface area (Å²) in [5.41, 5.74) is 6.43. The number of nitrogens with zero attached hydrogens (tertiary/aromatic N) is 3. The lowest BCUT2D eigenvalue weighted by atomic mass is 9.96. The molecule has 4 aromatic rings. The van der Waals surface area contributed by atoms with Crippen LogP contribution in [-0.4, -0.2) is 34.3 Å². The van der Waals surface area contributed by atoms with Gasteiger partial charge in [-0.05, 0) is 92.3 Å². The smallest absolute Gasteiger partial charge is 0.250 e. The SMILES string of the molecule is COCC(=O)Nc1ccc(N2C(=S)N[C@@H](c3ccccn3)[C@H]2c2cc(C)n(-c3ccc(Cl)cc3Cl)c2C)cc1. The minimum atomic E-state index is -0.218. The largest absolute Gasteiger partial charge is 0.375 e. The molecule has 2 aromatic heterocycles. The molecule has 1 aliphatic rings. The number of halogens is 2. The van der Waals surface area contributed by atoms with Crippen LogP contribution in [0.4, 0.5) is 11.4 Å². The Hall–Kier alpha value is -3.43. The Morgan fingerprint density at radius 3 is 2.54 bits per heavy atom. The number of anilines is 2. The van der Waals surface area contributed by atoms with Gasteiger partial charge in [0.2, 0.25) is 5.91 Å². The third-order valence-corrected chi connectivity index (χ3v) is 7.59. The van der Waals surface area contributed by atoms with Gasteiger partial charge in [-0.3, -0.25) is 9.78 Å². The van der Waals surface area contributed by atoms with Crippen LogP contribution in [0.1, 0.15) is 34.7 Å². The first-order valence-electron chi connectivity index (χ1n) is 12.3. The number of thiocarbonyl (C=S) groups is 1. The maximum Gasteiger partial charge on any atom is 0.250 e. The molecule has 39 heavy (non-hydrogen) atoms. The van der Waals surface area contributed by atoms with Crippen molar-refractivity contribution in [1.82, 2.24) is 14.9 Å². The van der Waals surface area contributed by atoms with Gasteiger partial charge >= 0.3 is 0 Å². The van der Waals surface area contributed by atoms with Crippen molar-refractivity contribution < 1.29 is 9.53 Å². The van der Waals surface area contributed by atoms with Crippen LogP contribution in [-0.2, 0) is 9.53 Å². The first kappa shape index (κ1) is 27.1. The number of pyridine rings is 1. The normalized spacial score (nSPS) is 16.8. The fourth-order valence-corrected chi connectivity index (χ4v) is 5.94. The van der Waals surface area contributed by atoms with Gasteiger partial charge < -0.3 is 24.8 Å². The van der Waals surface area contributed by atoms with E-state index in [0.29, 0.717) is 20.8 Å². The Morgan fingerprint density at radius 2 is 1.87 bits per heavy atom. The minimum absolute atomic E-state index is 0.0109. The minimum Gasteiger partial charge on any atom is -0.375 e. The highest BCUT2D eigenvalue weighted by atomic mass is 35.5. The van der Waals surface area contributed by atoms with E-state index in [9.17, 15) is 4.79 Å². The zero-order valence-corrected chi connectivity index (χ0v) is 23.9. The molecule has 1 aliphatic heterocycles. The number of rotatable bonds is 7. The van der Waals surface area contributed by atoms with Crippen LogP contribution in [0.3, 0.4) is 0 Å². The highest BCUT2D eigenvalue weighted by molar-refractivity contribution is 7.80. The predicted octanol–water partition coefficient (Wildman–Crippen LogP) is 6.56. The van der Waals surface area contributed by atoms with E-state index in [1.54, 1.807) is 12.3 Å². The number of hydrogen-bond acceptors (Lipinski definition) is 4. The molecule has 2 atom stereocenters. The summed E-state index contributed by atoms with van der Waals surface area (Å²) in [6.45, 7) is 4.12. The molecule has 0 radical (unpaired) electrons. The summed E-state index contributed by atoms with van der Waals surface area (Å²) in [4.78, 5) is 18.7. The molecule has 0 spiro atoms. The number of hydrogen-bond donors (Lipinski definition) is 2. The lowest BCUT2D eigenvalue weighted by Gasteiger charge is -2.28. The summed E-state index contributed by atoms with van der Waals surface area (Å²) in [7, 11) is 1.49. The number of aryl methyl sites for hydroxylation is 1. The summed E-state index contributed by atoms with van der Waals surface area (Å²) >= 11 is 18.7. The quantitative estimate of drug-likeness (QED) is 0.242. The molecule has 0 saturated carbocycles. The molecule has 10 heteroatoms. The van der Waals surface area contributed by atoms with Gasteiger partial charge in [-0.25, -0.2) is 0 Å². The lowest BCUT2D eigenvalue weighted by molar-refractivity contribution is -0.119. The number of benzene rings is 2. The van der Waals surface area contributed by atoms with E-state index >= 15 is 0 Å². The van der Waals surface area contributed by atoms with E-state index in [-0.39, 0.29) is 24.6 Å². The number of ether oxygens (including phenoxy) is 1. The molecule has 3 heterocycles. The molecule has 1 fully saturated rings. The van der Waals surface area contributed by atoms with Crippen LogP contribution >= 0.6 is 35.4 Å². The monoisotopic (exact) mass is 579 g/mol. The molecule has 1 saturated heterocycles. The average molecular weight is 581 g/mol. The molecular weight excluding hydrogens is 553 g/mol. The molecule has 200 valence electrons. The van der Waals surface area contributed by atoms with Crippen LogP contribution in [0.25, 0.3) is 5.69 Å². The molecule has 2 aromatic carbocycles. The summed E-state index contributed by atoms with van der Waals surface area (Å²) in [5, 5.41) is 8.07. The Kier molecular flexibility index (Phi) is 7.91. The molecule has 7 nitrogen and oxygen atoms in total. The van der Waals surface area contributed by atoms with Gasteiger partial charge in [0.05, 0.1) is 28.5 Å². The molecule has 5 rings (SSSR count). The Labute approximate surface area is 242 Å². The standard InChI is InChI=1S/C29H27Cl2N5O2S/c1-17-14-22(18(2)35(17)25-12-7-19(30)15-23(25)31)28-27(24-6-4-5-13-32-24)34-29(39)36(28)21-10-8-20(9-11-21)33-26(37)16-38-3/h4-15,27-28H,16H2,1-3H3,(H,33,37)(H,34,39)/t27-,28+/m0/s1. The van der Waals surface area contributed by atoms with E-state index in [0.717, 1.165) is 34.0 Å².